The van der Waals surface area contributed by atoms with Crippen molar-refractivity contribution in [2.75, 3.05) is 18.1 Å². The van der Waals surface area contributed by atoms with Crippen LogP contribution in [0, 0.1) is 0 Å². The molecule has 2 heterocycles. The van der Waals surface area contributed by atoms with Crippen LogP contribution in [0.5, 0.6) is 0 Å². The molecule has 1 aliphatic heterocycles. The first-order chi connectivity index (χ1) is 10.7. The monoisotopic (exact) mass is 340 g/mol. The summed E-state index contributed by atoms with van der Waals surface area (Å²) in [6, 6.07) is 7.05. The topological polar surface area (TPSA) is 55.4 Å². The molecule has 0 amide bonds. The first-order valence-electron chi connectivity index (χ1n) is 7.33. The maximum absolute atomic E-state index is 10.8. The second-order valence-corrected chi connectivity index (χ2v) is 6.18. The number of hydrogen-bond acceptors (Lipinski definition) is 4. The van der Waals surface area contributed by atoms with E-state index in [-0.39, 0.29) is 0 Å². The highest BCUT2D eigenvalue weighted by molar-refractivity contribution is 6.36. The SMILES string of the molecule is OC(c1ccn[nH]1)N(c1ccc(Cl)cc1Cl)N1CCCCC1. The van der Waals surface area contributed by atoms with Gasteiger partial charge in [0.25, 0.3) is 0 Å². The maximum Gasteiger partial charge on any atom is 0.183 e. The highest BCUT2D eigenvalue weighted by Crippen LogP contribution is 2.35. The molecule has 5 nitrogen and oxygen atoms in total. The number of aliphatic hydroxyl groups is 1. The van der Waals surface area contributed by atoms with Gasteiger partial charge in [0.2, 0.25) is 0 Å². The van der Waals surface area contributed by atoms with Crippen molar-refractivity contribution in [2.45, 2.75) is 25.5 Å². The van der Waals surface area contributed by atoms with E-state index in [0.29, 0.717) is 15.7 Å². The molecule has 22 heavy (non-hydrogen) atoms. The molecule has 2 aromatic rings. The number of piperidine rings is 1. The quantitative estimate of drug-likeness (QED) is 0.834. The molecule has 1 atom stereocenters. The number of hydrazine groups is 1. The molecule has 1 aromatic heterocycles. The van der Waals surface area contributed by atoms with Crippen LogP contribution in [0.1, 0.15) is 31.2 Å². The molecular weight excluding hydrogens is 323 g/mol. The number of hydrogen-bond donors (Lipinski definition) is 2. The van der Waals surface area contributed by atoms with Crippen LogP contribution in [0.3, 0.4) is 0 Å². The zero-order valence-corrected chi connectivity index (χ0v) is 13.6. The Morgan fingerprint density at radius 2 is 1.95 bits per heavy atom. The van der Waals surface area contributed by atoms with Gasteiger partial charge < -0.3 is 5.11 Å². The Hall–Kier alpha value is -1.27. The third-order valence-corrected chi connectivity index (χ3v) is 4.36. The van der Waals surface area contributed by atoms with Crippen LogP contribution in [0.4, 0.5) is 5.69 Å². The number of H-pyrrole nitrogens is 1. The van der Waals surface area contributed by atoms with Crippen molar-refractivity contribution < 1.29 is 5.11 Å². The Morgan fingerprint density at radius 1 is 1.18 bits per heavy atom. The highest BCUT2D eigenvalue weighted by atomic mass is 35.5. The van der Waals surface area contributed by atoms with Crippen LogP contribution >= 0.6 is 23.2 Å². The van der Waals surface area contributed by atoms with Gasteiger partial charge in [0.05, 0.1) is 16.4 Å². The number of aromatic amines is 1. The van der Waals surface area contributed by atoms with E-state index in [2.05, 4.69) is 15.2 Å². The van der Waals surface area contributed by atoms with E-state index in [1.807, 2.05) is 11.1 Å². The Morgan fingerprint density at radius 3 is 2.59 bits per heavy atom. The lowest BCUT2D eigenvalue weighted by Gasteiger charge is -2.41. The summed E-state index contributed by atoms with van der Waals surface area (Å²) < 4.78 is 0. The van der Waals surface area contributed by atoms with E-state index < -0.39 is 6.23 Å². The van der Waals surface area contributed by atoms with Gasteiger partial charge in [0.1, 0.15) is 0 Å². The average Bonchev–Trinajstić information content (AvgIpc) is 3.05. The number of aliphatic hydroxyl groups excluding tert-OH is 1. The molecule has 0 radical (unpaired) electrons. The summed E-state index contributed by atoms with van der Waals surface area (Å²) in [5.74, 6) is 0. The van der Waals surface area contributed by atoms with Crippen molar-refractivity contribution >= 4 is 28.9 Å². The minimum absolute atomic E-state index is 0.511. The van der Waals surface area contributed by atoms with Gasteiger partial charge in [0.15, 0.2) is 6.23 Å². The van der Waals surface area contributed by atoms with Crippen molar-refractivity contribution in [3.63, 3.8) is 0 Å². The van der Waals surface area contributed by atoms with Crippen molar-refractivity contribution in [1.82, 2.24) is 15.2 Å². The van der Waals surface area contributed by atoms with E-state index in [9.17, 15) is 5.11 Å². The number of nitrogens with one attached hydrogen (secondary N) is 1. The summed E-state index contributed by atoms with van der Waals surface area (Å²) in [6.45, 7) is 1.76. The predicted octanol–water partition coefficient (Wildman–Crippen LogP) is 3.61. The van der Waals surface area contributed by atoms with Gasteiger partial charge in [-0.3, -0.25) is 10.1 Å². The molecule has 1 saturated heterocycles. The normalized spacial score (nSPS) is 17.4. The summed E-state index contributed by atoms with van der Waals surface area (Å²) in [5, 5.41) is 22.6. The molecule has 1 unspecified atom stereocenters. The predicted molar refractivity (Wildman–Crippen MR) is 87.9 cm³/mol. The zero-order valence-electron chi connectivity index (χ0n) is 12.0. The molecule has 0 bridgehead atoms. The largest absolute Gasteiger partial charge is 0.367 e. The number of aromatic nitrogens is 2. The molecule has 1 aliphatic rings. The van der Waals surface area contributed by atoms with Crippen LogP contribution in [0.2, 0.25) is 10.0 Å². The second kappa shape index (κ2) is 6.87. The first-order valence-corrected chi connectivity index (χ1v) is 8.09. The van der Waals surface area contributed by atoms with E-state index in [0.717, 1.165) is 31.6 Å². The summed E-state index contributed by atoms with van der Waals surface area (Å²) in [6.07, 6.45) is 4.14. The lowest BCUT2D eigenvalue weighted by Crippen LogP contribution is -2.48. The molecule has 0 spiro atoms. The smallest absolute Gasteiger partial charge is 0.183 e. The number of nitrogens with zero attached hydrogens (tertiary/aromatic N) is 3. The maximum atomic E-state index is 10.8. The standard InChI is InChI=1S/C15H18Cl2N4O/c16-11-4-5-14(12(17)10-11)21(20-8-2-1-3-9-20)15(22)13-6-7-18-19-13/h4-7,10,15,22H,1-3,8-9H2,(H,18,19). The van der Waals surface area contributed by atoms with Gasteiger partial charge in [-0.2, -0.15) is 5.10 Å². The Balaban J connectivity index is 1.98. The van der Waals surface area contributed by atoms with Crippen molar-refractivity contribution in [2.24, 2.45) is 0 Å². The molecule has 3 rings (SSSR count). The summed E-state index contributed by atoms with van der Waals surface area (Å²) >= 11 is 12.4. The molecule has 1 aromatic carbocycles. The van der Waals surface area contributed by atoms with Crippen LogP contribution in [0.25, 0.3) is 0 Å². The Labute approximate surface area is 139 Å². The van der Waals surface area contributed by atoms with Gasteiger partial charge >= 0.3 is 0 Å². The third-order valence-electron chi connectivity index (χ3n) is 3.83. The fraction of sp³-hybridized carbons (Fsp3) is 0.400. The Kier molecular flexibility index (Phi) is 4.88. The number of rotatable bonds is 4. The summed E-state index contributed by atoms with van der Waals surface area (Å²) in [7, 11) is 0. The Bertz CT molecular complexity index is 614. The molecule has 1 fully saturated rings. The molecule has 118 valence electrons. The van der Waals surface area contributed by atoms with Gasteiger partial charge in [0, 0.05) is 24.3 Å². The minimum Gasteiger partial charge on any atom is -0.367 e. The lowest BCUT2D eigenvalue weighted by atomic mass is 10.1. The van der Waals surface area contributed by atoms with E-state index >= 15 is 0 Å². The van der Waals surface area contributed by atoms with Crippen LogP contribution < -0.4 is 5.01 Å². The van der Waals surface area contributed by atoms with E-state index in [1.165, 1.54) is 6.42 Å². The van der Waals surface area contributed by atoms with Gasteiger partial charge in [-0.15, -0.1) is 0 Å². The fourth-order valence-corrected chi connectivity index (χ4v) is 3.24. The molecule has 7 heteroatoms. The first kappa shape index (κ1) is 15.6. The molecule has 2 N–H and O–H groups in total. The van der Waals surface area contributed by atoms with Crippen molar-refractivity contribution in [3.05, 3.63) is 46.2 Å². The lowest BCUT2D eigenvalue weighted by molar-refractivity contribution is 0.0737. The highest BCUT2D eigenvalue weighted by Gasteiger charge is 2.28. The van der Waals surface area contributed by atoms with Crippen LogP contribution in [0.15, 0.2) is 30.5 Å². The molecule has 0 saturated carbocycles. The second-order valence-electron chi connectivity index (χ2n) is 5.34. The fourth-order valence-electron chi connectivity index (χ4n) is 2.74. The van der Waals surface area contributed by atoms with E-state index in [1.54, 1.807) is 24.4 Å². The minimum atomic E-state index is -0.876. The number of benzene rings is 1. The molecular formula is C15H18Cl2N4O. The van der Waals surface area contributed by atoms with Gasteiger partial charge in [-0.05, 0) is 37.1 Å². The zero-order chi connectivity index (χ0) is 15.5. The van der Waals surface area contributed by atoms with Gasteiger partial charge in [-0.25, -0.2) is 5.01 Å². The van der Waals surface area contributed by atoms with Crippen LogP contribution in [-0.4, -0.2) is 33.4 Å². The van der Waals surface area contributed by atoms with Crippen molar-refractivity contribution in [1.29, 1.82) is 0 Å². The third kappa shape index (κ3) is 3.22. The average molecular weight is 341 g/mol. The molecule has 0 aliphatic carbocycles. The number of anilines is 1. The van der Waals surface area contributed by atoms with Crippen molar-refractivity contribution in [3.8, 4) is 0 Å². The number of halogens is 2. The summed E-state index contributed by atoms with van der Waals surface area (Å²) in [5.41, 5.74) is 1.35. The van der Waals surface area contributed by atoms with E-state index in [4.69, 9.17) is 23.2 Å². The van der Waals surface area contributed by atoms with Gasteiger partial charge in [-0.1, -0.05) is 29.6 Å². The summed E-state index contributed by atoms with van der Waals surface area (Å²) in [4.78, 5) is 0. The van der Waals surface area contributed by atoms with Crippen LogP contribution in [-0.2, 0) is 0 Å².